The molecule has 1 heterocycles. The highest BCUT2D eigenvalue weighted by Crippen LogP contribution is 2.41. The highest BCUT2D eigenvalue weighted by molar-refractivity contribution is 6.12. The maximum atomic E-state index is 6.28. The summed E-state index contributed by atoms with van der Waals surface area (Å²) in [4.78, 5) is 2.36. The Hall–Kier alpha value is -7.68. The van der Waals surface area contributed by atoms with Gasteiger partial charge in [0.05, 0.1) is 0 Å². The van der Waals surface area contributed by atoms with Gasteiger partial charge < -0.3 is 9.32 Å². The molecule has 2 heteroatoms. The molecule has 0 unspecified atom stereocenters. The number of benzene rings is 10. The van der Waals surface area contributed by atoms with E-state index >= 15 is 0 Å². The minimum Gasteiger partial charge on any atom is -0.456 e. The van der Waals surface area contributed by atoms with Gasteiger partial charge in [0.25, 0.3) is 0 Å². The van der Waals surface area contributed by atoms with Crippen molar-refractivity contribution in [1.82, 2.24) is 0 Å². The van der Waals surface area contributed by atoms with Gasteiger partial charge in [0.2, 0.25) is 0 Å². The molecule has 0 radical (unpaired) electrons. The van der Waals surface area contributed by atoms with Gasteiger partial charge in [-0.1, -0.05) is 164 Å². The van der Waals surface area contributed by atoms with Crippen molar-refractivity contribution in [1.29, 1.82) is 0 Å². The quantitative estimate of drug-likeness (QED) is 0.162. The summed E-state index contributed by atoms with van der Waals surface area (Å²) >= 11 is 0. The van der Waals surface area contributed by atoms with E-state index in [0.717, 1.165) is 50.1 Å². The van der Waals surface area contributed by atoms with Crippen LogP contribution in [-0.2, 0) is 0 Å². The normalized spacial score (nSPS) is 11.4. The van der Waals surface area contributed by atoms with Crippen LogP contribution in [0.15, 0.2) is 229 Å². The summed E-state index contributed by atoms with van der Waals surface area (Å²) in [6, 6.07) is 80.8. The van der Waals surface area contributed by atoms with E-state index in [1.54, 1.807) is 0 Å². The molecule has 10 aromatic carbocycles. The van der Waals surface area contributed by atoms with Gasteiger partial charge in [0.15, 0.2) is 0 Å². The molecule has 0 aliphatic carbocycles. The summed E-state index contributed by atoms with van der Waals surface area (Å²) in [5, 5.41) is 7.26. The van der Waals surface area contributed by atoms with Gasteiger partial charge in [-0.15, -0.1) is 0 Å². The first-order valence-corrected chi connectivity index (χ1v) is 19.8. The summed E-state index contributed by atoms with van der Waals surface area (Å²) in [5.41, 5.74) is 14.5. The van der Waals surface area contributed by atoms with Crippen LogP contribution in [-0.4, -0.2) is 0 Å². The second-order valence-electron chi connectivity index (χ2n) is 15.0. The van der Waals surface area contributed by atoms with E-state index in [0.29, 0.717) is 0 Å². The molecule has 272 valence electrons. The number of fused-ring (bicyclic) bond motifs is 5. The lowest BCUT2D eigenvalue weighted by Crippen LogP contribution is -2.10. The molecule has 0 amide bonds. The third kappa shape index (κ3) is 6.09. The number of nitrogens with zero attached hydrogens (tertiary/aromatic N) is 1. The molecule has 0 fully saturated rings. The van der Waals surface area contributed by atoms with Crippen molar-refractivity contribution in [3.63, 3.8) is 0 Å². The lowest BCUT2D eigenvalue weighted by molar-refractivity contribution is 0.669. The summed E-state index contributed by atoms with van der Waals surface area (Å²) < 4.78 is 6.28. The summed E-state index contributed by atoms with van der Waals surface area (Å²) in [6.07, 6.45) is 0. The predicted octanol–water partition coefficient (Wildman–Crippen LogP) is 16.0. The van der Waals surface area contributed by atoms with E-state index in [9.17, 15) is 0 Å². The van der Waals surface area contributed by atoms with E-state index < -0.39 is 0 Å². The van der Waals surface area contributed by atoms with Crippen molar-refractivity contribution < 1.29 is 4.42 Å². The topological polar surface area (TPSA) is 16.4 Å². The molecule has 11 rings (SSSR count). The Bertz CT molecular complexity index is 3270. The number of hydrogen-bond donors (Lipinski definition) is 0. The Morgan fingerprint density at radius 1 is 0.276 bits per heavy atom. The predicted molar refractivity (Wildman–Crippen MR) is 245 cm³/mol. The number of anilines is 3. The molecule has 0 N–H and O–H groups in total. The van der Waals surface area contributed by atoms with E-state index in [1.807, 2.05) is 12.1 Å². The summed E-state index contributed by atoms with van der Waals surface area (Å²) in [7, 11) is 0. The zero-order chi connectivity index (χ0) is 38.4. The number of furan rings is 1. The van der Waals surface area contributed by atoms with Crippen molar-refractivity contribution in [2.24, 2.45) is 0 Å². The van der Waals surface area contributed by atoms with E-state index in [2.05, 4.69) is 217 Å². The van der Waals surface area contributed by atoms with Crippen LogP contribution >= 0.6 is 0 Å². The molecular weight excluding hydrogens is 703 g/mol. The molecular formula is C56H37NO. The van der Waals surface area contributed by atoms with E-state index in [-0.39, 0.29) is 0 Å². The van der Waals surface area contributed by atoms with Crippen LogP contribution in [0.25, 0.3) is 88.0 Å². The molecule has 0 saturated heterocycles. The Balaban J connectivity index is 0.970. The van der Waals surface area contributed by atoms with Gasteiger partial charge in [0, 0.05) is 27.8 Å². The fourth-order valence-corrected chi connectivity index (χ4v) is 8.47. The van der Waals surface area contributed by atoms with Crippen LogP contribution in [0.1, 0.15) is 0 Å². The van der Waals surface area contributed by atoms with Gasteiger partial charge in [0.1, 0.15) is 11.2 Å². The van der Waals surface area contributed by atoms with Crippen LogP contribution < -0.4 is 4.90 Å². The second kappa shape index (κ2) is 14.1. The first-order valence-electron chi connectivity index (χ1n) is 19.8. The minimum absolute atomic E-state index is 0.895. The maximum Gasteiger partial charge on any atom is 0.136 e. The fourth-order valence-electron chi connectivity index (χ4n) is 8.47. The highest BCUT2D eigenvalue weighted by Gasteiger charge is 2.17. The Morgan fingerprint density at radius 2 is 0.741 bits per heavy atom. The molecule has 0 aliphatic rings. The molecule has 11 aromatic rings. The van der Waals surface area contributed by atoms with Gasteiger partial charge in [-0.3, -0.25) is 0 Å². The molecule has 0 spiro atoms. The van der Waals surface area contributed by atoms with Gasteiger partial charge in [-0.05, 0) is 127 Å². The van der Waals surface area contributed by atoms with Gasteiger partial charge >= 0.3 is 0 Å². The van der Waals surface area contributed by atoms with Gasteiger partial charge in [-0.25, -0.2) is 0 Å². The number of para-hydroxylation sites is 1. The van der Waals surface area contributed by atoms with Crippen LogP contribution in [0, 0.1) is 0 Å². The van der Waals surface area contributed by atoms with E-state index in [1.165, 1.54) is 54.9 Å². The molecule has 58 heavy (non-hydrogen) atoms. The molecule has 0 bridgehead atoms. The molecule has 2 nitrogen and oxygen atoms in total. The van der Waals surface area contributed by atoms with Gasteiger partial charge in [-0.2, -0.15) is 0 Å². The van der Waals surface area contributed by atoms with E-state index in [4.69, 9.17) is 4.42 Å². The third-order valence-corrected chi connectivity index (χ3v) is 11.5. The molecule has 1 aromatic heterocycles. The van der Waals surface area contributed by atoms with Crippen molar-refractivity contribution in [3.05, 3.63) is 224 Å². The summed E-state index contributed by atoms with van der Waals surface area (Å²) in [6.45, 7) is 0. The highest BCUT2D eigenvalue weighted by atomic mass is 16.3. The second-order valence-corrected chi connectivity index (χ2v) is 15.0. The zero-order valence-corrected chi connectivity index (χ0v) is 31.7. The Labute approximate surface area is 337 Å². The average molecular weight is 740 g/mol. The molecule has 0 aliphatic heterocycles. The minimum atomic E-state index is 0.895. The zero-order valence-electron chi connectivity index (χ0n) is 31.7. The lowest BCUT2D eigenvalue weighted by atomic mass is 9.97. The first-order chi connectivity index (χ1) is 28.7. The smallest absolute Gasteiger partial charge is 0.136 e. The number of hydrogen-bond acceptors (Lipinski definition) is 2. The lowest BCUT2D eigenvalue weighted by Gasteiger charge is -2.26. The Morgan fingerprint density at radius 3 is 1.34 bits per heavy atom. The van der Waals surface area contributed by atoms with Crippen LogP contribution in [0.3, 0.4) is 0 Å². The largest absolute Gasteiger partial charge is 0.456 e. The van der Waals surface area contributed by atoms with Crippen LogP contribution in [0.2, 0.25) is 0 Å². The maximum absolute atomic E-state index is 6.28. The van der Waals surface area contributed by atoms with Crippen molar-refractivity contribution in [3.8, 4) is 44.5 Å². The summed E-state index contributed by atoms with van der Waals surface area (Å²) in [5.74, 6) is 0. The molecule has 0 saturated carbocycles. The van der Waals surface area contributed by atoms with Crippen molar-refractivity contribution >= 4 is 60.5 Å². The van der Waals surface area contributed by atoms with Crippen molar-refractivity contribution in [2.75, 3.05) is 4.90 Å². The first kappa shape index (κ1) is 33.6. The third-order valence-electron chi connectivity index (χ3n) is 11.5. The fraction of sp³-hybridized carbons (Fsp3) is 0. The van der Waals surface area contributed by atoms with Crippen molar-refractivity contribution in [2.45, 2.75) is 0 Å². The average Bonchev–Trinajstić information content (AvgIpc) is 3.69. The standard InChI is InChI=1S/C56H37NO/c1-3-11-44-35-46(25-23-38(44)9-1)42-21-19-40(20-22-42)41-27-31-49(32-28-41)57(50-33-29-43(30-34-50)47-26-24-39-10-2-4-12-45(39)36-47)51-14-7-13-48(37-51)52-16-8-18-55-56(52)53-15-5-6-17-54(53)58-55/h1-37H. The number of rotatable bonds is 7. The monoisotopic (exact) mass is 739 g/mol. The van der Waals surface area contributed by atoms with Crippen LogP contribution in [0.5, 0.6) is 0 Å². The van der Waals surface area contributed by atoms with Crippen LogP contribution in [0.4, 0.5) is 17.1 Å². The molecule has 0 atom stereocenters. The SMILES string of the molecule is c1cc(-c2cccc3oc4ccccc4c23)cc(N(c2ccc(-c3ccc(-c4ccc5ccccc5c4)cc3)cc2)c2ccc(-c3ccc4ccccc4c3)cc2)c1. The Kier molecular flexibility index (Phi) is 8.19.